The van der Waals surface area contributed by atoms with Gasteiger partial charge in [-0.05, 0) is 110 Å². The Bertz CT molecular complexity index is 2980. The van der Waals surface area contributed by atoms with Crippen LogP contribution in [0.15, 0.2) is 194 Å². The van der Waals surface area contributed by atoms with E-state index in [0.717, 1.165) is 51.1 Å². The lowest BCUT2D eigenvalue weighted by Gasteiger charge is -2.45. The molecule has 0 bridgehead atoms. The fourth-order valence-electron chi connectivity index (χ4n) is 9.02. The lowest BCUT2D eigenvalue weighted by Crippen LogP contribution is -2.32. The van der Waals surface area contributed by atoms with Gasteiger partial charge < -0.3 is 14.5 Å². The molecule has 0 N–H and O–H groups in total. The minimum atomic E-state index is -0.253. The molecular formula is C53H38N2O. The molecule has 56 heavy (non-hydrogen) atoms. The van der Waals surface area contributed by atoms with E-state index in [-0.39, 0.29) is 5.41 Å². The first-order valence-corrected chi connectivity index (χ1v) is 19.3. The Kier molecular flexibility index (Phi) is 7.20. The molecule has 0 amide bonds. The molecule has 11 rings (SSSR count). The van der Waals surface area contributed by atoms with Gasteiger partial charge in [0.1, 0.15) is 0 Å². The third-order valence-electron chi connectivity index (χ3n) is 11.8. The normalized spacial score (nSPS) is 13.4. The van der Waals surface area contributed by atoms with Crippen molar-refractivity contribution in [1.29, 1.82) is 0 Å². The number of benzene rings is 9. The SMILES string of the molecule is CC1(C)c2ccccc2N2c3ccccc3Oc3cc(-c4cccc(N(c5ccc(-c6ccccc6)cc5)c5cc6ccccc6c6ccccc56)c4)cc1c32. The molecule has 0 unspecified atom stereocenters. The monoisotopic (exact) mass is 718 g/mol. The molecule has 0 fully saturated rings. The van der Waals surface area contributed by atoms with Crippen LogP contribution in [0.1, 0.15) is 25.0 Å². The number of hydrogen-bond acceptors (Lipinski definition) is 3. The van der Waals surface area contributed by atoms with Crippen molar-refractivity contribution in [3.8, 4) is 33.8 Å². The van der Waals surface area contributed by atoms with Gasteiger partial charge in [-0.3, -0.25) is 0 Å². The Hall–Kier alpha value is -7.10. The standard InChI is InChI=1S/C53H38N2O/c1-53(2)45-23-10-11-24-47(45)55-48-25-12-13-26-50(48)56-51-34-39(32-46(53)52(51)55)37-18-14-19-41(31-37)54(40-29-27-36(28-30-40)35-15-4-3-5-16-35)49-33-38-17-6-7-20-42(38)43-21-8-9-22-44(43)49/h3-34H,1-2H3. The van der Waals surface area contributed by atoms with Crippen LogP contribution >= 0.6 is 0 Å². The van der Waals surface area contributed by atoms with Gasteiger partial charge >= 0.3 is 0 Å². The molecule has 2 heterocycles. The zero-order valence-electron chi connectivity index (χ0n) is 31.3. The first-order valence-electron chi connectivity index (χ1n) is 19.3. The number of nitrogens with zero attached hydrogens (tertiary/aromatic N) is 2. The van der Waals surface area contributed by atoms with Crippen LogP contribution in [0.25, 0.3) is 43.8 Å². The summed E-state index contributed by atoms with van der Waals surface area (Å²) in [5.41, 5.74) is 13.6. The Morgan fingerprint density at radius 2 is 1.09 bits per heavy atom. The second-order valence-electron chi connectivity index (χ2n) is 15.4. The molecule has 0 spiro atoms. The summed E-state index contributed by atoms with van der Waals surface area (Å²) in [6.45, 7) is 4.68. The fraction of sp³-hybridized carbons (Fsp3) is 0.0566. The van der Waals surface area contributed by atoms with Crippen molar-refractivity contribution in [2.45, 2.75) is 19.3 Å². The van der Waals surface area contributed by atoms with E-state index < -0.39 is 0 Å². The Morgan fingerprint density at radius 1 is 0.429 bits per heavy atom. The second-order valence-corrected chi connectivity index (χ2v) is 15.4. The minimum absolute atomic E-state index is 0.253. The van der Waals surface area contributed by atoms with Crippen LogP contribution in [-0.2, 0) is 5.41 Å². The highest BCUT2D eigenvalue weighted by atomic mass is 16.5. The van der Waals surface area contributed by atoms with Gasteiger partial charge in [0.15, 0.2) is 11.5 Å². The van der Waals surface area contributed by atoms with Gasteiger partial charge in [-0.15, -0.1) is 0 Å². The molecule has 0 saturated carbocycles. The van der Waals surface area contributed by atoms with Crippen LogP contribution in [0, 0.1) is 0 Å². The fourth-order valence-corrected chi connectivity index (χ4v) is 9.02. The van der Waals surface area contributed by atoms with Gasteiger partial charge in [0.05, 0.1) is 22.7 Å². The van der Waals surface area contributed by atoms with Gasteiger partial charge in [0, 0.05) is 22.2 Å². The van der Waals surface area contributed by atoms with Crippen molar-refractivity contribution in [1.82, 2.24) is 0 Å². The number of hydrogen-bond donors (Lipinski definition) is 0. The summed E-state index contributed by atoms with van der Waals surface area (Å²) in [5, 5.41) is 4.90. The van der Waals surface area contributed by atoms with Crippen LogP contribution in [0.3, 0.4) is 0 Å². The topological polar surface area (TPSA) is 15.7 Å². The Balaban J connectivity index is 1.11. The van der Waals surface area contributed by atoms with Crippen LogP contribution in [0.2, 0.25) is 0 Å². The van der Waals surface area contributed by atoms with E-state index in [9.17, 15) is 0 Å². The van der Waals surface area contributed by atoms with Crippen molar-refractivity contribution in [2.75, 3.05) is 9.80 Å². The third kappa shape index (κ3) is 4.98. The van der Waals surface area contributed by atoms with Crippen molar-refractivity contribution in [3.05, 3.63) is 205 Å². The van der Waals surface area contributed by atoms with E-state index in [1.807, 2.05) is 0 Å². The Labute approximate surface area is 327 Å². The van der Waals surface area contributed by atoms with Crippen LogP contribution in [0.4, 0.5) is 34.1 Å². The maximum absolute atomic E-state index is 6.80. The second kappa shape index (κ2) is 12.5. The first kappa shape index (κ1) is 32.3. The molecule has 9 aromatic carbocycles. The molecule has 266 valence electrons. The molecular weight excluding hydrogens is 681 g/mol. The zero-order valence-corrected chi connectivity index (χ0v) is 31.3. The summed E-state index contributed by atoms with van der Waals surface area (Å²) in [4.78, 5) is 4.82. The van der Waals surface area contributed by atoms with Crippen molar-refractivity contribution >= 4 is 55.7 Å². The molecule has 3 heteroatoms. The van der Waals surface area contributed by atoms with Gasteiger partial charge in [-0.1, -0.05) is 147 Å². The minimum Gasteiger partial charge on any atom is -0.453 e. The molecule has 0 aliphatic carbocycles. The smallest absolute Gasteiger partial charge is 0.152 e. The van der Waals surface area contributed by atoms with Crippen LogP contribution < -0.4 is 14.5 Å². The first-order chi connectivity index (χ1) is 27.5. The molecule has 2 aliphatic rings. The molecule has 3 nitrogen and oxygen atoms in total. The number of para-hydroxylation sites is 3. The maximum atomic E-state index is 6.80. The summed E-state index contributed by atoms with van der Waals surface area (Å²) in [5.74, 6) is 1.73. The van der Waals surface area contributed by atoms with Crippen molar-refractivity contribution in [2.24, 2.45) is 0 Å². The third-order valence-corrected chi connectivity index (χ3v) is 11.8. The number of rotatable bonds is 5. The van der Waals surface area contributed by atoms with Gasteiger partial charge in [-0.2, -0.15) is 0 Å². The van der Waals surface area contributed by atoms with Gasteiger partial charge in [0.2, 0.25) is 0 Å². The summed E-state index contributed by atoms with van der Waals surface area (Å²) in [6.07, 6.45) is 0. The van der Waals surface area contributed by atoms with E-state index in [2.05, 4.69) is 218 Å². The number of anilines is 6. The molecule has 0 radical (unpaired) electrons. The van der Waals surface area contributed by atoms with Crippen molar-refractivity contribution < 1.29 is 4.74 Å². The highest BCUT2D eigenvalue weighted by Gasteiger charge is 2.41. The molecule has 0 atom stereocenters. The maximum Gasteiger partial charge on any atom is 0.152 e. The lowest BCUT2D eigenvalue weighted by atomic mass is 9.72. The largest absolute Gasteiger partial charge is 0.453 e. The Morgan fingerprint density at radius 3 is 1.93 bits per heavy atom. The lowest BCUT2D eigenvalue weighted by molar-refractivity contribution is 0.471. The van der Waals surface area contributed by atoms with E-state index in [4.69, 9.17) is 4.74 Å². The molecule has 0 aromatic heterocycles. The summed E-state index contributed by atoms with van der Waals surface area (Å²) >= 11 is 0. The summed E-state index contributed by atoms with van der Waals surface area (Å²) < 4.78 is 6.80. The molecule has 0 saturated heterocycles. The van der Waals surface area contributed by atoms with Crippen LogP contribution in [-0.4, -0.2) is 0 Å². The predicted octanol–water partition coefficient (Wildman–Crippen LogP) is 15.0. The van der Waals surface area contributed by atoms with Crippen molar-refractivity contribution in [3.63, 3.8) is 0 Å². The zero-order chi connectivity index (χ0) is 37.4. The highest BCUT2D eigenvalue weighted by molar-refractivity contribution is 6.14. The highest BCUT2D eigenvalue weighted by Crippen LogP contribution is 2.60. The molecule has 9 aromatic rings. The average Bonchev–Trinajstić information content (AvgIpc) is 3.25. The van der Waals surface area contributed by atoms with E-state index in [1.54, 1.807) is 0 Å². The summed E-state index contributed by atoms with van der Waals surface area (Å²) in [7, 11) is 0. The van der Waals surface area contributed by atoms with Gasteiger partial charge in [-0.25, -0.2) is 0 Å². The van der Waals surface area contributed by atoms with Crippen LogP contribution in [0.5, 0.6) is 11.5 Å². The quantitative estimate of drug-likeness (QED) is 0.165. The van der Waals surface area contributed by atoms with Gasteiger partial charge in [0.25, 0.3) is 0 Å². The van der Waals surface area contributed by atoms with E-state index >= 15 is 0 Å². The predicted molar refractivity (Wildman–Crippen MR) is 234 cm³/mol. The summed E-state index contributed by atoms with van der Waals surface area (Å²) in [6, 6.07) is 70.2. The number of ether oxygens (including phenoxy) is 1. The van der Waals surface area contributed by atoms with E-state index in [0.29, 0.717) is 0 Å². The van der Waals surface area contributed by atoms with E-state index in [1.165, 1.54) is 49.5 Å². The number of fused-ring (bicyclic) bond motifs is 7. The average molecular weight is 719 g/mol. The molecule has 2 aliphatic heterocycles.